The lowest BCUT2D eigenvalue weighted by atomic mass is 9.99. The van der Waals surface area contributed by atoms with Crippen molar-refractivity contribution in [3.63, 3.8) is 0 Å². The number of aromatic nitrogens is 2. The molecule has 4 heteroatoms. The third-order valence-electron chi connectivity index (χ3n) is 2.76. The molecule has 1 aromatic rings. The van der Waals surface area contributed by atoms with E-state index < -0.39 is 0 Å². The number of aliphatic hydroxyl groups excluding tert-OH is 1. The van der Waals surface area contributed by atoms with Crippen LogP contribution in [-0.2, 0) is 6.54 Å². The van der Waals surface area contributed by atoms with Crippen LogP contribution in [0.2, 0.25) is 0 Å². The number of hydrogen-bond donors (Lipinski definition) is 2. The van der Waals surface area contributed by atoms with Crippen LogP contribution in [0.4, 0.5) is 0 Å². The smallest absolute Gasteiger partial charge is 0.0611 e. The average molecular weight is 197 g/mol. The molecule has 1 rings (SSSR count). The highest BCUT2D eigenvalue weighted by atomic mass is 16.3. The average Bonchev–Trinajstić information content (AvgIpc) is 2.61. The molecular formula is C10H19N3O. The summed E-state index contributed by atoms with van der Waals surface area (Å²) in [5, 5.41) is 16.5. The topological polar surface area (TPSA) is 50.1 Å². The molecule has 1 unspecified atom stereocenters. The molecule has 2 N–H and O–H groups in total. The van der Waals surface area contributed by atoms with Crippen molar-refractivity contribution in [3.8, 4) is 0 Å². The van der Waals surface area contributed by atoms with Crippen LogP contribution in [-0.4, -0.2) is 34.1 Å². The van der Waals surface area contributed by atoms with Gasteiger partial charge in [0.1, 0.15) is 0 Å². The Morgan fingerprint density at radius 1 is 1.64 bits per heavy atom. The van der Waals surface area contributed by atoms with Gasteiger partial charge >= 0.3 is 0 Å². The Kier molecular flexibility index (Phi) is 3.66. The minimum atomic E-state index is -0.210. The van der Waals surface area contributed by atoms with Crippen molar-refractivity contribution in [1.29, 1.82) is 0 Å². The number of aryl methyl sites for hydroxylation is 2. The van der Waals surface area contributed by atoms with Crippen LogP contribution in [0, 0.1) is 6.92 Å². The van der Waals surface area contributed by atoms with E-state index in [1.54, 1.807) is 6.20 Å². The second-order valence-corrected chi connectivity index (χ2v) is 3.91. The van der Waals surface area contributed by atoms with Crippen molar-refractivity contribution in [2.45, 2.75) is 32.4 Å². The molecule has 0 aliphatic heterocycles. The largest absolute Gasteiger partial charge is 0.394 e. The van der Waals surface area contributed by atoms with Gasteiger partial charge < -0.3 is 10.4 Å². The van der Waals surface area contributed by atoms with E-state index in [2.05, 4.69) is 10.4 Å². The fourth-order valence-corrected chi connectivity index (χ4v) is 1.27. The number of aliphatic hydroxyl groups is 1. The van der Waals surface area contributed by atoms with Gasteiger partial charge in [0, 0.05) is 24.0 Å². The predicted molar refractivity (Wildman–Crippen MR) is 56.1 cm³/mol. The fraction of sp³-hybridized carbons (Fsp3) is 0.700. The number of nitrogens with zero attached hydrogens (tertiary/aromatic N) is 2. The summed E-state index contributed by atoms with van der Waals surface area (Å²) in [7, 11) is 1.87. The summed E-state index contributed by atoms with van der Waals surface area (Å²) in [6.07, 6.45) is 2.66. The summed E-state index contributed by atoms with van der Waals surface area (Å²) in [6, 6.07) is 1.98. The van der Waals surface area contributed by atoms with Crippen LogP contribution in [0.5, 0.6) is 0 Å². The lowest BCUT2D eigenvalue weighted by Gasteiger charge is -2.26. The molecule has 0 bridgehead atoms. The molecule has 1 atom stereocenters. The van der Waals surface area contributed by atoms with E-state index >= 15 is 0 Å². The molecule has 0 radical (unpaired) electrons. The maximum Gasteiger partial charge on any atom is 0.0611 e. The van der Waals surface area contributed by atoms with Gasteiger partial charge in [-0.2, -0.15) is 5.10 Å². The first kappa shape index (κ1) is 11.2. The summed E-state index contributed by atoms with van der Waals surface area (Å²) in [6.45, 7) is 5.01. The van der Waals surface area contributed by atoms with Crippen molar-refractivity contribution in [1.82, 2.24) is 15.1 Å². The Morgan fingerprint density at radius 2 is 2.36 bits per heavy atom. The van der Waals surface area contributed by atoms with Crippen molar-refractivity contribution < 1.29 is 5.11 Å². The van der Waals surface area contributed by atoms with E-state index in [9.17, 15) is 5.11 Å². The molecular weight excluding hydrogens is 178 g/mol. The number of hydrogen-bond acceptors (Lipinski definition) is 3. The predicted octanol–water partition coefficient (Wildman–Crippen LogP) is 0.552. The molecule has 4 nitrogen and oxygen atoms in total. The van der Waals surface area contributed by atoms with Gasteiger partial charge in [-0.3, -0.25) is 4.68 Å². The zero-order chi connectivity index (χ0) is 10.6. The van der Waals surface area contributed by atoms with Gasteiger partial charge in [-0.1, -0.05) is 0 Å². The van der Waals surface area contributed by atoms with E-state index in [0.29, 0.717) is 0 Å². The maximum absolute atomic E-state index is 9.19. The van der Waals surface area contributed by atoms with Crippen molar-refractivity contribution in [3.05, 3.63) is 18.0 Å². The Balaban J connectivity index is 2.52. The van der Waals surface area contributed by atoms with Crippen LogP contribution in [0.3, 0.4) is 0 Å². The summed E-state index contributed by atoms with van der Waals surface area (Å²) < 4.78 is 1.95. The normalized spacial score (nSPS) is 15.4. The van der Waals surface area contributed by atoms with Crippen molar-refractivity contribution >= 4 is 0 Å². The number of nitrogens with one attached hydrogen (secondary N) is 1. The van der Waals surface area contributed by atoms with Crippen LogP contribution in [0.25, 0.3) is 0 Å². The van der Waals surface area contributed by atoms with E-state index in [1.165, 1.54) is 0 Å². The highest BCUT2D eigenvalue weighted by Crippen LogP contribution is 2.10. The van der Waals surface area contributed by atoms with Gasteiger partial charge in [0.25, 0.3) is 0 Å². The standard InChI is InChI=1S/C10H19N3O/c1-9-4-6-12-13(9)7-5-10(2,8-14)11-3/h4,6,11,14H,5,7-8H2,1-3H3. The van der Waals surface area contributed by atoms with Crippen molar-refractivity contribution in [2.75, 3.05) is 13.7 Å². The van der Waals surface area contributed by atoms with Gasteiger partial charge in [-0.25, -0.2) is 0 Å². The SMILES string of the molecule is CNC(C)(CO)CCn1nccc1C. The Labute approximate surface area is 84.9 Å². The Hall–Kier alpha value is -0.870. The van der Waals surface area contributed by atoms with Gasteiger partial charge in [0.2, 0.25) is 0 Å². The molecule has 1 heterocycles. The first-order valence-corrected chi connectivity index (χ1v) is 4.89. The van der Waals surface area contributed by atoms with Gasteiger partial charge in [0.05, 0.1) is 6.61 Å². The molecule has 0 aromatic carbocycles. The fourth-order valence-electron chi connectivity index (χ4n) is 1.27. The molecule has 1 aromatic heterocycles. The molecule has 0 spiro atoms. The Bertz CT molecular complexity index is 279. The first-order chi connectivity index (χ1) is 6.61. The highest BCUT2D eigenvalue weighted by molar-refractivity contribution is 4.96. The zero-order valence-electron chi connectivity index (χ0n) is 9.12. The van der Waals surface area contributed by atoms with Crippen LogP contribution < -0.4 is 5.32 Å². The van der Waals surface area contributed by atoms with Crippen LogP contribution in [0.1, 0.15) is 19.0 Å². The number of likely N-dealkylation sites (N-methyl/N-ethyl adjacent to an activating group) is 1. The third kappa shape index (κ3) is 2.56. The van der Waals surface area contributed by atoms with Crippen LogP contribution >= 0.6 is 0 Å². The summed E-state index contributed by atoms with van der Waals surface area (Å²) in [4.78, 5) is 0. The van der Waals surface area contributed by atoms with E-state index in [1.807, 2.05) is 31.6 Å². The molecule has 0 fully saturated rings. The summed E-state index contributed by atoms with van der Waals surface area (Å²) in [5.41, 5.74) is 0.944. The van der Waals surface area contributed by atoms with E-state index in [-0.39, 0.29) is 12.1 Å². The monoisotopic (exact) mass is 197 g/mol. The molecule has 0 aliphatic rings. The lowest BCUT2D eigenvalue weighted by molar-refractivity contribution is 0.167. The maximum atomic E-state index is 9.19. The molecule has 14 heavy (non-hydrogen) atoms. The second kappa shape index (κ2) is 4.57. The quantitative estimate of drug-likeness (QED) is 0.725. The van der Waals surface area contributed by atoms with E-state index in [4.69, 9.17) is 0 Å². The molecule has 0 saturated heterocycles. The van der Waals surface area contributed by atoms with Gasteiger partial charge in [-0.15, -0.1) is 0 Å². The minimum Gasteiger partial charge on any atom is -0.394 e. The molecule has 0 amide bonds. The van der Waals surface area contributed by atoms with Gasteiger partial charge in [0.15, 0.2) is 0 Å². The van der Waals surface area contributed by atoms with Gasteiger partial charge in [-0.05, 0) is 33.4 Å². The first-order valence-electron chi connectivity index (χ1n) is 4.89. The molecule has 80 valence electrons. The summed E-state index contributed by atoms with van der Waals surface area (Å²) in [5.74, 6) is 0. The summed E-state index contributed by atoms with van der Waals surface area (Å²) >= 11 is 0. The molecule has 0 aliphatic carbocycles. The second-order valence-electron chi connectivity index (χ2n) is 3.91. The van der Waals surface area contributed by atoms with Crippen LogP contribution in [0.15, 0.2) is 12.3 Å². The number of rotatable bonds is 5. The lowest BCUT2D eigenvalue weighted by Crippen LogP contribution is -2.44. The zero-order valence-corrected chi connectivity index (χ0v) is 9.12. The highest BCUT2D eigenvalue weighted by Gasteiger charge is 2.20. The van der Waals surface area contributed by atoms with E-state index in [0.717, 1.165) is 18.7 Å². The molecule has 0 saturated carbocycles. The minimum absolute atomic E-state index is 0.143. The third-order valence-corrected chi connectivity index (χ3v) is 2.76. The van der Waals surface area contributed by atoms with Crippen molar-refractivity contribution in [2.24, 2.45) is 0 Å². The Morgan fingerprint density at radius 3 is 2.79 bits per heavy atom.